The van der Waals surface area contributed by atoms with Crippen LogP contribution in [0.4, 0.5) is 0 Å². The summed E-state index contributed by atoms with van der Waals surface area (Å²) in [6, 6.07) is 16.4. The van der Waals surface area contributed by atoms with E-state index in [-0.39, 0.29) is 49.6 Å². The average molecular weight is 650 g/mol. The number of phenols is 2. The number of methoxy groups -OCH3 is 2. The lowest BCUT2D eigenvalue weighted by molar-refractivity contribution is 0.0109. The molecule has 0 bridgehead atoms. The van der Waals surface area contributed by atoms with Crippen molar-refractivity contribution in [2.24, 2.45) is 0 Å². The van der Waals surface area contributed by atoms with Gasteiger partial charge in [0.05, 0.1) is 31.5 Å². The molecule has 47 heavy (non-hydrogen) atoms. The number of aromatic hydroxyl groups is 2. The lowest BCUT2D eigenvalue weighted by atomic mass is 10.1. The summed E-state index contributed by atoms with van der Waals surface area (Å²) in [6.45, 7) is 2.99. The Balaban J connectivity index is 1.56. The summed E-state index contributed by atoms with van der Waals surface area (Å²) < 4.78 is 27.0. The Hall–Kier alpha value is -4.49. The molecule has 0 fully saturated rings. The van der Waals surface area contributed by atoms with Gasteiger partial charge in [-0.25, -0.2) is 15.0 Å². The number of ether oxygens (including phenoxy) is 5. The number of hydrogen-bond donors (Lipinski definition) is 4. The molecule has 1 heterocycles. The van der Waals surface area contributed by atoms with E-state index in [0.29, 0.717) is 46.4 Å². The Labute approximate surface area is 274 Å². The van der Waals surface area contributed by atoms with Gasteiger partial charge in [-0.1, -0.05) is 26.2 Å². The van der Waals surface area contributed by atoms with E-state index in [1.54, 1.807) is 55.6 Å². The normalized spacial score (nSPS) is 12.4. The van der Waals surface area contributed by atoms with Crippen molar-refractivity contribution in [1.29, 1.82) is 0 Å². The van der Waals surface area contributed by atoms with Gasteiger partial charge in [-0.2, -0.15) is 0 Å². The molecule has 0 aliphatic carbocycles. The largest absolute Gasteiger partial charge is 0.507 e. The standard InChI is InChI=1S/C35H43N3O9/c1-4-5-6-7-16-45-20-25(40)22-47-28-13-15-30(32(42)18-28)35-37-33(23-8-10-26(44-3)11-9-23)36-34(38-35)29-14-12-27(17-31(29)41)46-21-24(39)19-43-2/h8-15,17-18,24-25,39-42H,4-7,16,19-22H2,1-3H3. The Kier molecular flexibility index (Phi) is 13.5. The van der Waals surface area contributed by atoms with Gasteiger partial charge in [0.25, 0.3) is 0 Å². The Morgan fingerprint density at radius 3 is 1.66 bits per heavy atom. The maximum absolute atomic E-state index is 11.0. The summed E-state index contributed by atoms with van der Waals surface area (Å²) in [4.78, 5) is 13.8. The molecule has 0 radical (unpaired) electrons. The van der Waals surface area contributed by atoms with Gasteiger partial charge in [-0.15, -0.1) is 0 Å². The third-order valence-electron chi connectivity index (χ3n) is 7.10. The van der Waals surface area contributed by atoms with E-state index in [0.717, 1.165) is 25.7 Å². The second kappa shape index (κ2) is 18.0. The number of nitrogens with zero attached hydrogens (tertiary/aromatic N) is 3. The lowest BCUT2D eigenvalue weighted by Crippen LogP contribution is -2.23. The van der Waals surface area contributed by atoms with Crippen LogP contribution in [0.15, 0.2) is 60.7 Å². The molecule has 0 saturated carbocycles. The highest BCUT2D eigenvalue weighted by molar-refractivity contribution is 5.72. The van der Waals surface area contributed by atoms with E-state index in [4.69, 9.17) is 23.7 Å². The van der Waals surface area contributed by atoms with Crippen molar-refractivity contribution in [3.05, 3.63) is 60.7 Å². The zero-order chi connectivity index (χ0) is 33.6. The molecule has 4 rings (SSSR count). The maximum Gasteiger partial charge on any atom is 0.167 e. The van der Waals surface area contributed by atoms with E-state index in [2.05, 4.69) is 21.9 Å². The van der Waals surface area contributed by atoms with E-state index < -0.39 is 12.2 Å². The minimum absolute atomic E-state index is 0.00437. The first-order valence-corrected chi connectivity index (χ1v) is 15.6. The second-order valence-electron chi connectivity index (χ2n) is 10.9. The van der Waals surface area contributed by atoms with Gasteiger partial charge in [0.15, 0.2) is 17.5 Å². The third kappa shape index (κ3) is 10.5. The van der Waals surface area contributed by atoms with Crippen LogP contribution in [0, 0.1) is 0 Å². The SMILES string of the molecule is CCCCCCOCC(O)COc1ccc(-c2nc(-c3ccc(OC)cc3)nc(-c3ccc(OCC(O)COC)cc3O)n2)c(O)c1. The van der Waals surface area contributed by atoms with Crippen LogP contribution >= 0.6 is 0 Å². The first-order valence-electron chi connectivity index (χ1n) is 15.6. The van der Waals surface area contributed by atoms with Gasteiger partial charge >= 0.3 is 0 Å². The molecule has 2 atom stereocenters. The molecule has 4 N–H and O–H groups in total. The van der Waals surface area contributed by atoms with Crippen LogP contribution in [-0.4, -0.2) is 94.8 Å². The summed E-state index contributed by atoms with van der Waals surface area (Å²) in [5, 5.41) is 42.1. The highest BCUT2D eigenvalue weighted by Crippen LogP contribution is 2.36. The molecule has 1 aromatic heterocycles. The molecule has 0 amide bonds. The highest BCUT2D eigenvalue weighted by atomic mass is 16.5. The van der Waals surface area contributed by atoms with Gasteiger partial charge in [0.2, 0.25) is 0 Å². The summed E-state index contributed by atoms with van der Waals surface area (Å²) in [5.74, 6) is 1.65. The number of aliphatic hydroxyl groups excluding tert-OH is 2. The Morgan fingerprint density at radius 2 is 1.15 bits per heavy atom. The number of aromatic nitrogens is 3. The molecular formula is C35H43N3O9. The number of hydrogen-bond acceptors (Lipinski definition) is 12. The fourth-order valence-electron chi connectivity index (χ4n) is 4.59. The number of benzene rings is 3. The molecule has 12 heteroatoms. The number of aliphatic hydroxyl groups is 2. The molecule has 3 aromatic carbocycles. The van der Waals surface area contributed by atoms with Crippen LogP contribution < -0.4 is 14.2 Å². The summed E-state index contributed by atoms with van der Waals surface area (Å²) in [5.41, 5.74) is 1.26. The van der Waals surface area contributed by atoms with Crippen molar-refractivity contribution in [3.63, 3.8) is 0 Å². The molecule has 0 saturated heterocycles. The quantitative estimate of drug-likeness (QED) is 0.100. The van der Waals surface area contributed by atoms with E-state index >= 15 is 0 Å². The van der Waals surface area contributed by atoms with Crippen molar-refractivity contribution >= 4 is 0 Å². The Morgan fingerprint density at radius 1 is 0.617 bits per heavy atom. The number of phenolic OH excluding ortho intramolecular Hbond substituents is 2. The zero-order valence-electron chi connectivity index (χ0n) is 27.0. The van der Waals surface area contributed by atoms with Crippen LogP contribution in [0.3, 0.4) is 0 Å². The van der Waals surface area contributed by atoms with Crippen molar-refractivity contribution < 1.29 is 44.1 Å². The predicted octanol–water partition coefficient (Wildman–Crippen LogP) is 5.02. The van der Waals surface area contributed by atoms with Gasteiger partial charge in [-0.05, 0) is 55.0 Å². The molecule has 12 nitrogen and oxygen atoms in total. The Bertz CT molecular complexity index is 1550. The third-order valence-corrected chi connectivity index (χ3v) is 7.10. The molecule has 0 aliphatic heterocycles. The van der Waals surface area contributed by atoms with Gasteiger partial charge in [-0.3, -0.25) is 0 Å². The fourth-order valence-corrected chi connectivity index (χ4v) is 4.59. The monoisotopic (exact) mass is 649 g/mol. The minimum atomic E-state index is -0.825. The van der Waals surface area contributed by atoms with E-state index in [1.165, 1.54) is 19.2 Å². The minimum Gasteiger partial charge on any atom is -0.507 e. The lowest BCUT2D eigenvalue weighted by Gasteiger charge is -2.14. The van der Waals surface area contributed by atoms with Crippen molar-refractivity contribution in [1.82, 2.24) is 15.0 Å². The zero-order valence-corrected chi connectivity index (χ0v) is 27.0. The van der Waals surface area contributed by atoms with Gasteiger partial charge in [0, 0.05) is 31.4 Å². The molecular weight excluding hydrogens is 606 g/mol. The predicted molar refractivity (Wildman–Crippen MR) is 176 cm³/mol. The van der Waals surface area contributed by atoms with Crippen molar-refractivity contribution in [2.45, 2.75) is 44.8 Å². The van der Waals surface area contributed by atoms with Gasteiger partial charge < -0.3 is 44.1 Å². The number of unbranched alkanes of at least 4 members (excludes halogenated alkanes) is 3. The molecule has 4 aromatic rings. The molecule has 0 spiro atoms. The maximum atomic E-state index is 11.0. The number of rotatable bonds is 19. The van der Waals surface area contributed by atoms with Crippen LogP contribution in [0.1, 0.15) is 32.6 Å². The molecule has 0 aliphatic rings. The van der Waals surface area contributed by atoms with Crippen molar-refractivity contribution in [2.75, 3.05) is 47.3 Å². The summed E-state index contributed by atoms with van der Waals surface area (Å²) >= 11 is 0. The first kappa shape index (κ1) is 35.4. The molecule has 2 unspecified atom stereocenters. The summed E-state index contributed by atoms with van der Waals surface area (Å²) in [6.07, 6.45) is 2.72. The molecule has 252 valence electrons. The van der Waals surface area contributed by atoms with E-state index in [9.17, 15) is 20.4 Å². The highest BCUT2D eigenvalue weighted by Gasteiger charge is 2.18. The topological polar surface area (TPSA) is 166 Å². The van der Waals surface area contributed by atoms with Crippen LogP contribution in [0.5, 0.6) is 28.7 Å². The second-order valence-corrected chi connectivity index (χ2v) is 10.9. The van der Waals surface area contributed by atoms with E-state index in [1.807, 2.05) is 0 Å². The van der Waals surface area contributed by atoms with Crippen LogP contribution in [0.25, 0.3) is 34.2 Å². The van der Waals surface area contributed by atoms with Crippen LogP contribution in [0.2, 0.25) is 0 Å². The first-order chi connectivity index (χ1) is 22.8. The fraction of sp³-hybridized carbons (Fsp3) is 0.400. The van der Waals surface area contributed by atoms with Crippen molar-refractivity contribution in [3.8, 4) is 62.9 Å². The van der Waals surface area contributed by atoms with Crippen LogP contribution in [-0.2, 0) is 9.47 Å². The van der Waals surface area contributed by atoms with Gasteiger partial charge in [0.1, 0.15) is 54.2 Å². The average Bonchev–Trinajstić information content (AvgIpc) is 3.08. The smallest absolute Gasteiger partial charge is 0.167 e. The summed E-state index contributed by atoms with van der Waals surface area (Å²) in [7, 11) is 3.05.